The van der Waals surface area contributed by atoms with Crippen molar-refractivity contribution in [1.29, 1.82) is 0 Å². The number of nitro groups is 1. The van der Waals surface area contributed by atoms with Crippen LogP contribution in [0.1, 0.15) is 37.9 Å². The number of aliphatic carboxylic acids is 1. The fourth-order valence-corrected chi connectivity index (χ4v) is 2.12. The molecule has 24 heavy (non-hydrogen) atoms. The second-order valence-electron chi connectivity index (χ2n) is 5.38. The number of carbonyl (C=O) groups is 2. The molecule has 1 aromatic rings. The lowest BCUT2D eigenvalue weighted by Gasteiger charge is -2.17. The molecule has 0 aromatic heterocycles. The first-order chi connectivity index (χ1) is 11.2. The summed E-state index contributed by atoms with van der Waals surface area (Å²) in [4.78, 5) is 33.0. The molecule has 0 saturated heterocycles. The number of carbonyl (C=O) groups excluding carboxylic acids is 1. The van der Waals surface area contributed by atoms with Gasteiger partial charge in [0, 0.05) is 6.07 Å². The Balaban J connectivity index is 2.58. The van der Waals surface area contributed by atoms with Crippen molar-refractivity contribution >= 4 is 17.6 Å². The van der Waals surface area contributed by atoms with Crippen molar-refractivity contribution in [3.05, 3.63) is 39.9 Å². The van der Waals surface area contributed by atoms with Gasteiger partial charge >= 0.3 is 11.9 Å². The second-order valence-corrected chi connectivity index (χ2v) is 5.38. The molecule has 0 aliphatic heterocycles. The van der Waals surface area contributed by atoms with Crippen molar-refractivity contribution in [1.82, 2.24) is 0 Å². The van der Waals surface area contributed by atoms with Gasteiger partial charge in [-0.05, 0) is 32.3 Å². The average molecular weight is 339 g/mol. The van der Waals surface area contributed by atoms with Crippen LogP contribution in [0.3, 0.4) is 0 Å². The molecule has 132 valence electrons. The monoisotopic (exact) mass is 339 g/mol. The number of ether oxygens (including phenoxy) is 1. The van der Waals surface area contributed by atoms with E-state index in [1.165, 1.54) is 25.1 Å². The fourth-order valence-electron chi connectivity index (χ4n) is 2.12. The highest BCUT2D eigenvalue weighted by Gasteiger charge is 2.24. The normalized spacial score (nSPS) is 14.5. The lowest BCUT2D eigenvalue weighted by molar-refractivity contribution is -0.386. The van der Waals surface area contributed by atoms with Crippen molar-refractivity contribution in [2.75, 3.05) is 0 Å². The Hall–Kier alpha value is -2.52. The van der Waals surface area contributed by atoms with Gasteiger partial charge in [-0.3, -0.25) is 19.7 Å². The predicted octanol–water partition coefficient (Wildman–Crippen LogP) is 1.11. The molecule has 0 aliphatic rings. The maximum atomic E-state index is 12.0. The molecule has 5 N–H and O–H groups in total. The van der Waals surface area contributed by atoms with E-state index in [0.29, 0.717) is 6.42 Å². The Morgan fingerprint density at radius 3 is 2.42 bits per heavy atom. The number of nitro benzene ring substituents is 1. The third kappa shape index (κ3) is 5.60. The number of benzene rings is 1. The van der Waals surface area contributed by atoms with E-state index in [9.17, 15) is 19.7 Å². The molecule has 0 heterocycles. The predicted molar refractivity (Wildman–Crippen MR) is 85.0 cm³/mol. The highest BCUT2D eigenvalue weighted by atomic mass is 16.6. The van der Waals surface area contributed by atoms with Crippen LogP contribution in [0.25, 0.3) is 0 Å². The highest BCUT2D eigenvalue weighted by molar-refractivity contribution is 5.76. The van der Waals surface area contributed by atoms with Crippen molar-refractivity contribution in [3.8, 4) is 0 Å². The Bertz CT molecular complexity index is 607. The zero-order valence-electron chi connectivity index (χ0n) is 13.3. The third-order valence-corrected chi connectivity index (χ3v) is 3.51. The quantitative estimate of drug-likeness (QED) is 0.342. The van der Waals surface area contributed by atoms with Gasteiger partial charge in [-0.15, -0.1) is 0 Å². The average Bonchev–Trinajstić information content (AvgIpc) is 2.54. The maximum Gasteiger partial charge on any atom is 0.323 e. The van der Waals surface area contributed by atoms with Gasteiger partial charge in [0.25, 0.3) is 5.69 Å². The standard InChI is InChI=1S/C15H21N3O6/c1-9(10-5-2-3-8-13(10)18(22)23)24-15(21)12(17)7-4-6-11(16)14(19)20/h2-3,5,8-9,11-12H,4,6-7,16-17H2,1H3,(H,19,20). The molecule has 3 unspecified atom stereocenters. The molecule has 3 atom stereocenters. The molecule has 0 saturated carbocycles. The number of carboxylic acid groups (broad SMARTS) is 1. The van der Waals surface area contributed by atoms with Gasteiger partial charge in [0.05, 0.1) is 10.5 Å². The Labute approximate surface area is 138 Å². The Kier molecular flexibility index (Phi) is 7.28. The third-order valence-electron chi connectivity index (χ3n) is 3.51. The van der Waals surface area contributed by atoms with Crippen LogP contribution in [-0.2, 0) is 14.3 Å². The van der Waals surface area contributed by atoms with Crippen molar-refractivity contribution < 1.29 is 24.4 Å². The van der Waals surface area contributed by atoms with E-state index < -0.39 is 35.0 Å². The van der Waals surface area contributed by atoms with Gasteiger partial charge in [0.1, 0.15) is 18.2 Å². The largest absolute Gasteiger partial charge is 0.480 e. The summed E-state index contributed by atoms with van der Waals surface area (Å²) in [5.41, 5.74) is 11.2. The van der Waals surface area contributed by atoms with Gasteiger partial charge in [-0.25, -0.2) is 0 Å². The molecular weight excluding hydrogens is 318 g/mol. The van der Waals surface area contributed by atoms with E-state index in [0.717, 1.165) is 0 Å². The minimum Gasteiger partial charge on any atom is -0.480 e. The zero-order valence-corrected chi connectivity index (χ0v) is 13.3. The Morgan fingerprint density at radius 1 is 1.25 bits per heavy atom. The van der Waals surface area contributed by atoms with Gasteiger partial charge in [0.15, 0.2) is 0 Å². The van der Waals surface area contributed by atoms with E-state index in [-0.39, 0.29) is 24.1 Å². The first-order valence-electron chi connectivity index (χ1n) is 7.41. The van der Waals surface area contributed by atoms with Gasteiger partial charge in [-0.1, -0.05) is 12.1 Å². The van der Waals surface area contributed by atoms with Crippen molar-refractivity contribution in [3.63, 3.8) is 0 Å². The van der Waals surface area contributed by atoms with E-state index in [2.05, 4.69) is 0 Å². The van der Waals surface area contributed by atoms with Gasteiger partial charge < -0.3 is 21.3 Å². The molecule has 0 fully saturated rings. The SMILES string of the molecule is CC(OC(=O)C(N)CCCC(N)C(=O)O)c1ccccc1[N+](=O)[O-]. The molecule has 1 aromatic carbocycles. The number of carboxylic acids is 1. The number of esters is 1. The van der Waals surface area contributed by atoms with Gasteiger partial charge in [0.2, 0.25) is 0 Å². The highest BCUT2D eigenvalue weighted by Crippen LogP contribution is 2.27. The van der Waals surface area contributed by atoms with Crippen LogP contribution in [0.5, 0.6) is 0 Å². The van der Waals surface area contributed by atoms with Gasteiger partial charge in [-0.2, -0.15) is 0 Å². The van der Waals surface area contributed by atoms with Crippen molar-refractivity contribution in [2.24, 2.45) is 11.5 Å². The number of para-hydroxylation sites is 1. The second kappa shape index (κ2) is 8.94. The van der Waals surface area contributed by atoms with Crippen LogP contribution < -0.4 is 11.5 Å². The summed E-state index contributed by atoms with van der Waals surface area (Å²) in [5, 5.41) is 19.7. The number of hydrogen-bond donors (Lipinski definition) is 3. The molecule has 0 aliphatic carbocycles. The summed E-state index contributed by atoms with van der Waals surface area (Å²) in [6, 6.07) is 4.02. The van der Waals surface area contributed by atoms with Crippen LogP contribution in [0.15, 0.2) is 24.3 Å². The van der Waals surface area contributed by atoms with E-state index in [1.807, 2.05) is 0 Å². The maximum absolute atomic E-state index is 12.0. The number of rotatable bonds is 9. The van der Waals surface area contributed by atoms with E-state index in [1.54, 1.807) is 6.07 Å². The van der Waals surface area contributed by atoms with Crippen LogP contribution in [0, 0.1) is 10.1 Å². The molecule has 1 rings (SSSR count). The minimum absolute atomic E-state index is 0.140. The van der Waals surface area contributed by atoms with Crippen LogP contribution in [0.4, 0.5) is 5.69 Å². The van der Waals surface area contributed by atoms with Crippen LogP contribution in [-0.4, -0.2) is 34.1 Å². The first-order valence-corrected chi connectivity index (χ1v) is 7.41. The number of hydrogen-bond acceptors (Lipinski definition) is 7. The number of nitrogens with two attached hydrogens (primary N) is 2. The van der Waals surface area contributed by atoms with Crippen LogP contribution in [0.2, 0.25) is 0 Å². The summed E-state index contributed by atoms with van der Waals surface area (Å²) in [5.74, 6) is -1.82. The first kappa shape index (κ1) is 19.5. The minimum atomic E-state index is -1.11. The summed E-state index contributed by atoms with van der Waals surface area (Å²) in [6.07, 6.45) is -0.0744. The summed E-state index contributed by atoms with van der Waals surface area (Å²) in [7, 11) is 0. The lowest BCUT2D eigenvalue weighted by Crippen LogP contribution is -2.34. The molecule has 9 heteroatoms. The smallest absolute Gasteiger partial charge is 0.323 e. The fraction of sp³-hybridized carbons (Fsp3) is 0.467. The lowest BCUT2D eigenvalue weighted by atomic mass is 10.1. The molecule has 0 amide bonds. The van der Waals surface area contributed by atoms with E-state index in [4.69, 9.17) is 21.3 Å². The molecule has 9 nitrogen and oxygen atoms in total. The van der Waals surface area contributed by atoms with Crippen molar-refractivity contribution in [2.45, 2.75) is 44.4 Å². The summed E-state index contributed by atoms with van der Waals surface area (Å²) >= 11 is 0. The molecule has 0 spiro atoms. The Morgan fingerprint density at radius 2 is 1.83 bits per heavy atom. The molecule has 0 bridgehead atoms. The van der Waals surface area contributed by atoms with Crippen LogP contribution >= 0.6 is 0 Å². The topological polar surface area (TPSA) is 159 Å². The summed E-state index contributed by atoms with van der Waals surface area (Å²) in [6.45, 7) is 1.52. The molecular formula is C15H21N3O6. The zero-order chi connectivity index (χ0) is 18.3. The number of nitrogens with zero attached hydrogens (tertiary/aromatic N) is 1. The summed E-state index contributed by atoms with van der Waals surface area (Å²) < 4.78 is 5.18. The molecule has 0 radical (unpaired) electrons. The van der Waals surface area contributed by atoms with E-state index >= 15 is 0 Å².